The van der Waals surface area contributed by atoms with Crippen molar-refractivity contribution < 1.29 is 27.4 Å². The third kappa shape index (κ3) is 6.50. The Balaban J connectivity index is 2.24. The Bertz CT molecular complexity index is 525. The van der Waals surface area contributed by atoms with Crippen LogP contribution in [0.4, 0.5) is 0 Å². The molecule has 2 N–H and O–H groups in total. The summed E-state index contributed by atoms with van der Waals surface area (Å²) >= 11 is 0. The highest BCUT2D eigenvalue weighted by Gasteiger charge is 2.05. The van der Waals surface area contributed by atoms with E-state index in [4.69, 9.17) is 14.6 Å². The van der Waals surface area contributed by atoms with Crippen molar-refractivity contribution in [1.82, 2.24) is 0 Å². The second-order valence-electron chi connectivity index (χ2n) is 3.84. The molecule has 1 rings (SSSR count). The van der Waals surface area contributed by atoms with E-state index in [1.54, 1.807) is 24.3 Å². The number of rotatable bonds is 8. The molecule has 20 heavy (non-hydrogen) atoms. The quantitative estimate of drug-likeness (QED) is 0.541. The minimum absolute atomic E-state index is 0.0312. The molecule has 0 amide bonds. The lowest BCUT2D eigenvalue weighted by Crippen LogP contribution is -2.21. The highest BCUT2D eigenvalue weighted by Crippen LogP contribution is 2.12. The largest absolute Gasteiger partial charge is 0.491 e. The Labute approximate surface area is 117 Å². The van der Waals surface area contributed by atoms with E-state index in [0.29, 0.717) is 11.3 Å². The number of benzene rings is 1. The van der Waals surface area contributed by atoms with Gasteiger partial charge in [0.1, 0.15) is 12.4 Å². The van der Waals surface area contributed by atoms with E-state index in [-0.39, 0.29) is 25.6 Å². The van der Waals surface area contributed by atoms with Crippen LogP contribution in [0.2, 0.25) is 0 Å². The van der Waals surface area contributed by atoms with Crippen molar-refractivity contribution in [2.45, 2.75) is 0 Å². The summed E-state index contributed by atoms with van der Waals surface area (Å²) in [6.07, 6.45) is 0. The van der Waals surface area contributed by atoms with Crippen LogP contribution in [0.5, 0.6) is 5.75 Å². The molecule has 0 aliphatic carbocycles. The minimum atomic E-state index is -3.49. The molecule has 0 heterocycles. The molecule has 0 spiro atoms. The summed E-state index contributed by atoms with van der Waals surface area (Å²) in [6.45, 7) is 0.542. The Morgan fingerprint density at radius 1 is 1.15 bits per heavy atom. The highest BCUT2D eigenvalue weighted by molar-refractivity contribution is 7.89. The summed E-state index contributed by atoms with van der Waals surface area (Å²) in [5.74, 6) is -0.0588. The van der Waals surface area contributed by atoms with Gasteiger partial charge in [0, 0.05) is 0 Å². The molecule has 0 aliphatic rings. The summed E-state index contributed by atoms with van der Waals surface area (Å²) in [5, 5.41) is 4.81. The molecular formula is C12H17NO6S. The first-order chi connectivity index (χ1) is 9.42. The Kier molecular flexibility index (Phi) is 6.43. The zero-order chi connectivity index (χ0) is 15.0. The smallest absolute Gasteiger partial charge is 0.337 e. The predicted octanol–water partition coefficient (Wildman–Crippen LogP) is 0.157. The Morgan fingerprint density at radius 3 is 2.35 bits per heavy atom. The monoisotopic (exact) mass is 303 g/mol. The molecule has 0 aromatic heterocycles. The molecular weight excluding hydrogens is 286 g/mol. The third-order valence-corrected chi connectivity index (χ3v) is 3.02. The van der Waals surface area contributed by atoms with Crippen LogP contribution in [0.1, 0.15) is 10.4 Å². The fraction of sp³-hybridized carbons (Fsp3) is 0.417. The first kappa shape index (κ1) is 16.4. The van der Waals surface area contributed by atoms with Gasteiger partial charge in [-0.25, -0.2) is 18.4 Å². The number of primary sulfonamides is 1. The molecule has 0 saturated carbocycles. The predicted molar refractivity (Wildman–Crippen MR) is 72.1 cm³/mol. The first-order valence-electron chi connectivity index (χ1n) is 5.82. The van der Waals surface area contributed by atoms with Gasteiger partial charge in [0.15, 0.2) is 0 Å². The van der Waals surface area contributed by atoms with Gasteiger partial charge in [0.25, 0.3) is 0 Å². The summed E-state index contributed by atoms with van der Waals surface area (Å²) < 4.78 is 36.2. The van der Waals surface area contributed by atoms with Gasteiger partial charge in [0.2, 0.25) is 10.0 Å². The van der Waals surface area contributed by atoms with Crippen molar-refractivity contribution in [3.05, 3.63) is 29.8 Å². The molecule has 8 heteroatoms. The summed E-state index contributed by atoms with van der Waals surface area (Å²) in [7, 11) is -2.18. The van der Waals surface area contributed by atoms with Gasteiger partial charge < -0.3 is 14.2 Å². The van der Waals surface area contributed by atoms with Crippen molar-refractivity contribution in [3.63, 3.8) is 0 Å². The van der Waals surface area contributed by atoms with Gasteiger partial charge in [-0.1, -0.05) is 0 Å². The van der Waals surface area contributed by atoms with Crippen molar-refractivity contribution in [2.75, 3.05) is 32.7 Å². The lowest BCUT2D eigenvalue weighted by atomic mass is 10.2. The van der Waals surface area contributed by atoms with Crippen LogP contribution in [-0.2, 0) is 19.5 Å². The Hall–Kier alpha value is -1.64. The summed E-state index contributed by atoms with van der Waals surface area (Å²) in [5.41, 5.74) is 0.434. The Morgan fingerprint density at radius 2 is 1.80 bits per heavy atom. The van der Waals surface area contributed by atoms with Crippen molar-refractivity contribution in [2.24, 2.45) is 5.14 Å². The van der Waals surface area contributed by atoms with Crippen molar-refractivity contribution in [3.8, 4) is 5.75 Å². The third-order valence-electron chi connectivity index (χ3n) is 2.28. The van der Waals surface area contributed by atoms with Crippen molar-refractivity contribution >= 4 is 16.0 Å². The topological polar surface area (TPSA) is 105 Å². The SMILES string of the molecule is COC(=O)c1ccc(OCCOCCS(N)(=O)=O)cc1. The molecule has 1 aromatic rings. The van der Waals surface area contributed by atoms with E-state index in [1.165, 1.54) is 7.11 Å². The number of sulfonamides is 1. The van der Waals surface area contributed by atoms with E-state index < -0.39 is 16.0 Å². The zero-order valence-electron chi connectivity index (χ0n) is 11.1. The maximum Gasteiger partial charge on any atom is 0.337 e. The number of hydrogen-bond donors (Lipinski definition) is 1. The number of hydrogen-bond acceptors (Lipinski definition) is 6. The second-order valence-corrected chi connectivity index (χ2v) is 5.58. The second kappa shape index (κ2) is 7.83. The van der Waals surface area contributed by atoms with Crippen LogP contribution in [-0.4, -0.2) is 47.1 Å². The van der Waals surface area contributed by atoms with Gasteiger partial charge in [-0.15, -0.1) is 0 Å². The number of ether oxygens (including phenoxy) is 3. The van der Waals surface area contributed by atoms with Gasteiger partial charge in [-0.2, -0.15) is 0 Å². The average molecular weight is 303 g/mol. The van der Waals surface area contributed by atoms with E-state index >= 15 is 0 Å². The van der Waals surface area contributed by atoms with Gasteiger partial charge >= 0.3 is 5.97 Å². The standard InChI is InChI=1S/C12H17NO6S/c1-17-12(14)10-2-4-11(5-3-10)19-7-6-18-8-9-20(13,15)16/h2-5H,6-9H2,1H3,(H2,13,15,16). The van der Waals surface area contributed by atoms with E-state index in [1.807, 2.05) is 0 Å². The van der Waals surface area contributed by atoms with Crippen molar-refractivity contribution in [1.29, 1.82) is 0 Å². The number of esters is 1. The minimum Gasteiger partial charge on any atom is -0.491 e. The summed E-state index contributed by atoms with van der Waals surface area (Å²) in [6, 6.07) is 6.44. The average Bonchev–Trinajstić information content (AvgIpc) is 2.41. The maximum atomic E-state index is 11.2. The molecule has 0 unspecified atom stereocenters. The van der Waals surface area contributed by atoms with Crippen LogP contribution >= 0.6 is 0 Å². The van der Waals surface area contributed by atoms with Gasteiger partial charge in [0.05, 0.1) is 31.6 Å². The van der Waals surface area contributed by atoms with Gasteiger partial charge in [-0.05, 0) is 24.3 Å². The lowest BCUT2D eigenvalue weighted by Gasteiger charge is -2.07. The fourth-order valence-electron chi connectivity index (χ4n) is 1.30. The van der Waals surface area contributed by atoms with Crippen LogP contribution in [0.25, 0.3) is 0 Å². The van der Waals surface area contributed by atoms with Gasteiger partial charge in [-0.3, -0.25) is 0 Å². The number of nitrogens with two attached hydrogens (primary N) is 1. The van der Waals surface area contributed by atoms with Crippen LogP contribution in [0.3, 0.4) is 0 Å². The number of carbonyl (C=O) groups is 1. The molecule has 7 nitrogen and oxygen atoms in total. The van der Waals surface area contributed by atoms with E-state index in [9.17, 15) is 13.2 Å². The highest BCUT2D eigenvalue weighted by atomic mass is 32.2. The molecule has 112 valence electrons. The molecule has 0 atom stereocenters. The van der Waals surface area contributed by atoms with E-state index in [2.05, 4.69) is 4.74 Å². The number of methoxy groups -OCH3 is 1. The maximum absolute atomic E-state index is 11.2. The first-order valence-corrected chi connectivity index (χ1v) is 7.53. The zero-order valence-corrected chi connectivity index (χ0v) is 11.9. The number of carbonyl (C=O) groups excluding carboxylic acids is 1. The van der Waals surface area contributed by atoms with Crippen LogP contribution in [0, 0.1) is 0 Å². The molecule has 1 aromatic carbocycles. The molecule has 0 saturated heterocycles. The summed E-state index contributed by atoms with van der Waals surface area (Å²) in [4.78, 5) is 11.2. The molecule has 0 bridgehead atoms. The lowest BCUT2D eigenvalue weighted by molar-refractivity contribution is 0.0600. The molecule has 0 aliphatic heterocycles. The fourth-order valence-corrected chi connectivity index (χ4v) is 1.65. The van der Waals surface area contributed by atoms with E-state index in [0.717, 1.165) is 0 Å². The molecule has 0 fully saturated rings. The van der Waals surface area contributed by atoms with Crippen LogP contribution < -0.4 is 9.88 Å². The molecule has 0 radical (unpaired) electrons. The van der Waals surface area contributed by atoms with Crippen LogP contribution in [0.15, 0.2) is 24.3 Å². The normalized spacial score (nSPS) is 11.1.